The molecule has 0 radical (unpaired) electrons. The van der Waals surface area contributed by atoms with Crippen LogP contribution in [0.5, 0.6) is 0 Å². The number of nitrogens with zero attached hydrogens (tertiary/aromatic N) is 2. The van der Waals surface area contributed by atoms with Gasteiger partial charge in [-0.2, -0.15) is 0 Å². The number of carbonyl (C=O) groups excluding carboxylic acids is 2. The highest BCUT2D eigenvalue weighted by molar-refractivity contribution is 5.99. The minimum absolute atomic E-state index is 0.00927. The molecule has 1 aliphatic heterocycles. The molecule has 0 spiro atoms. The Morgan fingerprint density at radius 1 is 1.48 bits per heavy atom. The highest BCUT2D eigenvalue weighted by Gasteiger charge is 2.19. The van der Waals surface area contributed by atoms with Crippen molar-refractivity contribution in [2.45, 2.75) is 25.9 Å². The van der Waals surface area contributed by atoms with Gasteiger partial charge in [-0.3, -0.25) is 4.79 Å². The molecule has 7 nitrogen and oxygen atoms in total. The Kier molecular flexibility index (Phi) is 4.27. The lowest BCUT2D eigenvalue weighted by atomic mass is 10.0. The second-order valence-corrected chi connectivity index (χ2v) is 5.56. The van der Waals surface area contributed by atoms with E-state index in [1.807, 2.05) is 35.9 Å². The molecular weight excluding hydrogens is 294 g/mol. The molecule has 1 atom stereocenters. The number of urea groups is 1. The van der Waals surface area contributed by atoms with Crippen molar-refractivity contribution >= 4 is 17.6 Å². The Balaban J connectivity index is 1.50. The number of carbonyl (C=O) groups is 2. The van der Waals surface area contributed by atoms with Crippen molar-refractivity contribution in [1.29, 1.82) is 0 Å². The molecule has 23 heavy (non-hydrogen) atoms. The minimum Gasteiger partial charge on any atom is -0.336 e. The standard InChI is InChI=1S/C16H19N5O2/c1-11(12-2-3-14-13(8-12)9-15(22)20-14)19-16(23)18-5-7-21-6-4-17-10-21/h2-4,6,8,10-11H,5,7,9H2,1H3,(H,20,22)(H2,18,19,23). The van der Waals surface area contributed by atoms with Crippen molar-refractivity contribution in [1.82, 2.24) is 20.2 Å². The molecule has 3 rings (SSSR count). The third-order valence-electron chi connectivity index (χ3n) is 3.82. The van der Waals surface area contributed by atoms with E-state index < -0.39 is 0 Å². The molecule has 1 aromatic heterocycles. The van der Waals surface area contributed by atoms with Gasteiger partial charge in [0.2, 0.25) is 5.91 Å². The highest BCUT2D eigenvalue weighted by atomic mass is 16.2. The summed E-state index contributed by atoms with van der Waals surface area (Å²) in [6, 6.07) is 5.41. The largest absolute Gasteiger partial charge is 0.336 e. The molecule has 3 amide bonds. The number of aromatic nitrogens is 2. The molecule has 2 heterocycles. The summed E-state index contributed by atoms with van der Waals surface area (Å²) in [6.45, 7) is 3.12. The van der Waals surface area contributed by atoms with Crippen LogP contribution >= 0.6 is 0 Å². The van der Waals surface area contributed by atoms with Gasteiger partial charge in [-0.05, 0) is 24.1 Å². The molecule has 2 aromatic rings. The zero-order valence-electron chi connectivity index (χ0n) is 12.9. The maximum absolute atomic E-state index is 11.9. The van der Waals surface area contributed by atoms with Crippen molar-refractivity contribution in [2.24, 2.45) is 0 Å². The molecule has 3 N–H and O–H groups in total. The first-order chi connectivity index (χ1) is 11.1. The number of rotatable bonds is 5. The summed E-state index contributed by atoms with van der Waals surface area (Å²) in [5, 5.41) is 8.51. The van der Waals surface area contributed by atoms with Gasteiger partial charge >= 0.3 is 6.03 Å². The molecule has 1 unspecified atom stereocenters. The van der Waals surface area contributed by atoms with Crippen molar-refractivity contribution in [3.63, 3.8) is 0 Å². The first-order valence-corrected chi connectivity index (χ1v) is 7.54. The lowest BCUT2D eigenvalue weighted by Crippen LogP contribution is -2.38. The van der Waals surface area contributed by atoms with Crippen LogP contribution in [-0.4, -0.2) is 28.0 Å². The number of hydrogen-bond acceptors (Lipinski definition) is 3. The summed E-state index contributed by atoms with van der Waals surface area (Å²) in [4.78, 5) is 27.3. The van der Waals surface area contributed by atoms with Crippen LogP contribution < -0.4 is 16.0 Å². The Morgan fingerprint density at radius 3 is 3.13 bits per heavy atom. The van der Waals surface area contributed by atoms with Gasteiger partial charge < -0.3 is 20.5 Å². The van der Waals surface area contributed by atoms with Crippen LogP contribution in [-0.2, 0) is 17.8 Å². The fraction of sp³-hybridized carbons (Fsp3) is 0.312. The van der Waals surface area contributed by atoms with E-state index in [-0.39, 0.29) is 18.0 Å². The van der Waals surface area contributed by atoms with Crippen LogP contribution in [0.2, 0.25) is 0 Å². The number of amides is 3. The number of anilines is 1. The Morgan fingerprint density at radius 2 is 2.35 bits per heavy atom. The number of imidazole rings is 1. The van der Waals surface area contributed by atoms with Gasteiger partial charge in [-0.1, -0.05) is 12.1 Å². The average Bonchev–Trinajstić information content (AvgIpc) is 3.14. The van der Waals surface area contributed by atoms with Crippen LogP contribution in [0.25, 0.3) is 0 Å². The van der Waals surface area contributed by atoms with Crippen molar-refractivity contribution in [3.8, 4) is 0 Å². The van der Waals surface area contributed by atoms with Gasteiger partial charge in [0.05, 0.1) is 18.8 Å². The maximum atomic E-state index is 11.9. The van der Waals surface area contributed by atoms with E-state index in [1.165, 1.54) is 0 Å². The van der Waals surface area contributed by atoms with Gasteiger partial charge in [0, 0.05) is 31.2 Å². The summed E-state index contributed by atoms with van der Waals surface area (Å²) < 4.78 is 1.90. The fourth-order valence-electron chi connectivity index (χ4n) is 2.57. The molecule has 0 fully saturated rings. The van der Waals surface area contributed by atoms with E-state index in [0.717, 1.165) is 16.8 Å². The Labute approximate surface area is 134 Å². The van der Waals surface area contributed by atoms with Gasteiger partial charge in [0.15, 0.2) is 0 Å². The molecule has 0 saturated heterocycles. The molecule has 1 aromatic carbocycles. The lowest BCUT2D eigenvalue weighted by molar-refractivity contribution is -0.115. The quantitative estimate of drug-likeness (QED) is 0.780. The van der Waals surface area contributed by atoms with Crippen molar-refractivity contribution < 1.29 is 9.59 Å². The van der Waals surface area contributed by atoms with Gasteiger partial charge in [0.25, 0.3) is 0 Å². The zero-order chi connectivity index (χ0) is 16.2. The summed E-state index contributed by atoms with van der Waals surface area (Å²) in [6.07, 6.45) is 5.66. The molecule has 1 aliphatic rings. The summed E-state index contributed by atoms with van der Waals surface area (Å²) in [5.74, 6) is 0.00927. The van der Waals surface area contributed by atoms with E-state index in [9.17, 15) is 9.59 Å². The fourth-order valence-corrected chi connectivity index (χ4v) is 2.57. The average molecular weight is 313 g/mol. The van der Waals surface area contributed by atoms with Crippen LogP contribution in [0.15, 0.2) is 36.9 Å². The maximum Gasteiger partial charge on any atom is 0.315 e. The first kappa shape index (κ1) is 15.1. The summed E-state index contributed by atoms with van der Waals surface area (Å²) >= 11 is 0. The Hall–Kier alpha value is -2.83. The SMILES string of the molecule is CC(NC(=O)NCCn1ccnc1)c1ccc2c(c1)CC(=O)N2. The normalized spacial score (nSPS) is 14.0. The minimum atomic E-state index is -0.215. The number of nitrogens with one attached hydrogen (secondary N) is 3. The van der Waals surface area contributed by atoms with Crippen LogP contribution in [0.4, 0.5) is 10.5 Å². The molecule has 0 aliphatic carbocycles. The van der Waals surface area contributed by atoms with E-state index >= 15 is 0 Å². The lowest BCUT2D eigenvalue weighted by Gasteiger charge is -2.16. The van der Waals surface area contributed by atoms with E-state index in [1.54, 1.807) is 12.5 Å². The third-order valence-corrected chi connectivity index (χ3v) is 3.82. The molecule has 7 heteroatoms. The van der Waals surface area contributed by atoms with Gasteiger partial charge in [-0.15, -0.1) is 0 Å². The predicted octanol–water partition coefficient (Wildman–Crippen LogP) is 1.44. The first-order valence-electron chi connectivity index (χ1n) is 7.54. The highest BCUT2D eigenvalue weighted by Crippen LogP contribution is 2.26. The Bertz CT molecular complexity index is 711. The van der Waals surface area contributed by atoms with Gasteiger partial charge in [0.1, 0.15) is 0 Å². The van der Waals surface area contributed by atoms with E-state index in [0.29, 0.717) is 19.5 Å². The van der Waals surface area contributed by atoms with Gasteiger partial charge in [-0.25, -0.2) is 9.78 Å². The molecule has 0 bridgehead atoms. The van der Waals surface area contributed by atoms with Crippen LogP contribution in [0.3, 0.4) is 0 Å². The third kappa shape index (κ3) is 3.68. The van der Waals surface area contributed by atoms with Crippen molar-refractivity contribution in [3.05, 3.63) is 48.0 Å². The van der Waals surface area contributed by atoms with E-state index in [2.05, 4.69) is 20.9 Å². The van der Waals surface area contributed by atoms with E-state index in [4.69, 9.17) is 0 Å². The topological polar surface area (TPSA) is 88.1 Å². The smallest absolute Gasteiger partial charge is 0.315 e. The second-order valence-electron chi connectivity index (χ2n) is 5.56. The van der Waals surface area contributed by atoms with Crippen LogP contribution in [0.1, 0.15) is 24.1 Å². The summed E-state index contributed by atoms with van der Waals surface area (Å²) in [5.41, 5.74) is 2.81. The number of fused-ring (bicyclic) bond motifs is 1. The number of hydrogen-bond donors (Lipinski definition) is 3. The molecular formula is C16H19N5O2. The predicted molar refractivity (Wildman–Crippen MR) is 86.0 cm³/mol. The zero-order valence-corrected chi connectivity index (χ0v) is 12.9. The number of benzene rings is 1. The molecule has 120 valence electrons. The second kappa shape index (κ2) is 6.51. The summed E-state index contributed by atoms with van der Waals surface area (Å²) in [7, 11) is 0. The monoisotopic (exact) mass is 313 g/mol. The van der Waals surface area contributed by atoms with Crippen molar-refractivity contribution in [2.75, 3.05) is 11.9 Å². The van der Waals surface area contributed by atoms with Crippen LogP contribution in [0, 0.1) is 0 Å². The molecule has 0 saturated carbocycles.